The van der Waals surface area contributed by atoms with Crippen LogP contribution in [0.3, 0.4) is 0 Å². The van der Waals surface area contributed by atoms with Crippen molar-refractivity contribution in [3.8, 4) is 0 Å². The fourth-order valence-corrected chi connectivity index (χ4v) is 4.32. The molecular formula is C23H25N5OS. The van der Waals surface area contributed by atoms with Crippen molar-refractivity contribution in [1.82, 2.24) is 14.9 Å². The zero-order valence-corrected chi connectivity index (χ0v) is 18.1. The summed E-state index contributed by atoms with van der Waals surface area (Å²) in [6, 6.07) is 18.1. The highest BCUT2D eigenvalue weighted by atomic mass is 32.1. The maximum absolute atomic E-state index is 11.4. The van der Waals surface area contributed by atoms with Gasteiger partial charge in [-0.25, -0.2) is 0 Å². The third kappa shape index (κ3) is 3.80. The minimum Gasteiger partial charge on any atom is -0.351 e. The zero-order valence-electron chi connectivity index (χ0n) is 17.2. The van der Waals surface area contributed by atoms with Gasteiger partial charge in [0.1, 0.15) is 6.04 Å². The standard InChI is InChI=1S/C23H25N5OS/c1-15(2)27-14-6-8-20(27)22-21(19-7-4-5-13-24-19)26-23(30)28(22)18-11-9-17(10-12-18)25-16(3)29/h4-15,21-22H,1-3H3,(H,25,29)(H,26,30)/t21-,22+/m1/s1. The molecule has 0 aliphatic carbocycles. The van der Waals surface area contributed by atoms with E-state index in [9.17, 15) is 4.79 Å². The van der Waals surface area contributed by atoms with Crippen molar-refractivity contribution in [3.05, 3.63) is 78.4 Å². The number of carbonyl (C=O) groups excluding carboxylic acids is 1. The number of amides is 1. The summed E-state index contributed by atoms with van der Waals surface area (Å²) >= 11 is 5.77. The van der Waals surface area contributed by atoms with Crippen LogP contribution >= 0.6 is 12.2 Å². The van der Waals surface area contributed by atoms with Crippen LogP contribution in [0.4, 0.5) is 11.4 Å². The number of thiocarbonyl (C=S) groups is 1. The number of aromatic nitrogens is 2. The van der Waals surface area contributed by atoms with Crippen LogP contribution in [0.5, 0.6) is 0 Å². The molecule has 1 aromatic carbocycles. The fourth-order valence-electron chi connectivity index (χ4n) is 3.97. The van der Waals surface area contributed by atoms with Crippen molar-refractivity contribution in [2.45, 2.75) is 38.9 Å². The Balaban J connectivity index is 1.78. The van der Waals surface area contributed by atoms with Crippen LogP contribution in [0.15, 0.2) is 67.0 Å². The van der Waals surface area contributed by atoms with Gasteiger partial charge in [0, 0.05) is 42.4 Å². The van der Waals surface area contributed by atoms with E-state index >= 15 is 0 Å². The van der Waals surface area contributed by atoms with Crippen molar-refractivity contribution < 1.29 is 4.79 Å². The van der Waals surface area contributed by atoms with Gasteiger partial charge in [-0.15, -0.1) is 0 Å². The van der Waals surface area contributed by atoms with Gasteiger partial charge in [0.05, 0.1) is 11.7 Å². The Kier molecular flexibility index (Phi) is 5.55. The molecule has 0 unspecified atom stereocenters. The lowest BCUT2D eigenvalue weighted by Gasteiger charge is -2.30. The van der Waals surface area contributed by atoms with Gasteiger partial charge in [-0.3, -0.25) is 9.78 Å². The minimum absolute atomic E-state index is 0.0589. The van der Waals surface area contributed by atoms with E-state index in [1.165, 1.54) is 12.6 Å². The monoisotopic (exact) mass is 419 g/mol. The molecule has 154 valence electrons. The SMILES string of the molecule is CC(=O)Nc1ccc(N2C(=S)N[C@H](c3ccccn3)[C@@H]2c2cccn2C(C)C)cc1. The average molecular weight is 420 g/mol. The van der Waals surface area contributed by atoms with E-state index < -0.39 is 0 Å². The van der Waals surface area contributed by atoms with Gasteiger partial charge in [-0.05, 0) is 74.6 Å². The lowest BCUT2D eigenvalue weighted by molar-refractivity contribution is -0.114. The Hall–Kier alpha value is -3.19. The quantitative estimate of drug-likeness (QED) is 0.592. The molecule has 6 nitrogen and oxygen atoms in total. The Bertz CT molecular complexity index is 1040. The van der Waals surface area contributed by atoms with Gasteiger partial charge < -0.3 is 20.1 Å². The molecule has 2 atom stereocenters. The number of benzene rings is 1. The van der Waals surface area contributed by atoms with Crippen molar-refractivity contribution in [1.29, 1.82) is 0 Å². The number of pyridine rings is 1. The summed E-state index contributed by atoms with van der Waals surface area (Å²) in [7, 11) is 0. The number of carbonyl (C=O) groups is 1. The number of hydrogen-bond acceptors (Lipinski definition) is 3. The summed E-state index contributed by atoms with van der Waals surface area (Å²) in [5, 5.41) is 6.95. The first-order chi connectivity index (χ1) is 14.5. The Morgan fingerprint density at radius 2 is 1.90 bits per heavy atom. The van der Waals surface area contributed by atoms with Crippen LogP contribution in [0.2, 0.25) is 0 Å². The normalized spacial score (nSPS) is 18.5. The van der Waals surface area contributed by atoms with Crippen LogP contribution in [0, 0.1) is 0 Å². The second kappa shape index (κ2) is 8.28. The molecule has 0 saturated carbocycles. The van der Waals surface area contributed by atoms with Gasteiger partial charge in [0.2, 0.25) is 5.91 Å². The van der Waals surface area contributed by atoms with Crippen LogP contribution in [-0.2, 0) is 4.79 Å². The molecule has 1 amide bonds. The van der Waals surface area contributed by atoms with E-state index in [0.717, 1.165) is 17.1 Å². The summed E-state index contributed by atoms with van der Waals surface area (Å²) in [6.45, 7) is 5.85. The third-order valence-electron chi connectivity index (χ3n) is 5.24. The molecule has 1 saturated heterocycles. The lowest BCUT2D eigenvalue weighted by Crippen LogP contribution is -2.30. The topological polar surface area (TPSA) is 62.2 Å². The maximum Gasteiger partial charge on any atom is 0.221 e. The minimum atomic E-state index is -0.0936. The van der Waals surface area contributed by atoms with Crippen LogP contribution in [0.25, 0.3) is 0 Å². The molecule has 1 aliphatic heterocycles. The fraction of sp³-hybridized carbons (Fsp3) is 0.261. The molecule has 0 spiro atoms. The highest BCUT2D eigenvalue weighted by molar-refractivity contribution is 7.80. The summed E-state index contributed by atoms with van der Waals surface area (Å²) < 4.78 is 2.27. The van der Waals surface area contributed by atoms with E-state index in [-0.39, 0.29) is 18.0 Å². The summed E-state index contributed by atoms with van der Waals surface area (Å²) in [4.78, 5) is 18.1. The second-order valence-electron chi connectivity index (χ2n) is 7.66. The third-order valence-corrected chi connectivity index (χ3v) is 5.55. The van der Waals surface area contributed by atoms with Crippen LogP contribution in [-0.4, -0.2) is 20.6 Å². The predicted molar refractivity (Wildman–Crippen MR) is 123 cm³/mol. The van der Waals surface area contributed by atoms with Crippen molar-refractivity contribution in [2.24, 2.45) is 0 Å². The number of hydrogen-bond donors (Lipinski definition) is 2. The summed E-state index contributed by atoms with van der Waals surface area (Å²) in [6.07, 6.45) is 3.92. The van der Waals surface area contributed by atoms with Crippen molar-refractivity contribution in [3.63, 3.8) is 0 Å². The van der Waals surface area contributed by atoms with Crippen molar-refractivity contribution in [2.75, 3.05) is 10.2 Å². The van der Waals surface area contributed by atoms with Gasteiger partial charge in [-0.1, -0.05) is 6.07 Å². The maximum atomic E-state index is 11.4. The molecule has 2 aromatic heterocycles. The summed E-state index contributed by atoms with van der Waals surface area (Å²) in [5.74, 6) is -0.0936. The molecular weight excluding hydrogens is 394 g/mol. The molecule has 0 radical (unpaired) electrons. The van der Waals surface area contributed by atoms with E-state index in [4.69, 9.17) is 12.2 Å². The van der Waals surface area contributed by atoms with Gasteiger partial charge in [0.15, 0.2) is 5.11 Å². The van der Waals surface area contributed by atoms with E-state index in [2.05, 4.69) is 57.3 Å². The Morgan fingerprint density at radius 1 is 1.13 bits per heavy atom. The average Bonchev–Trinajstić information content (AvgIpc) is 3.33. The van der Waals surface area contributed by atoms with Crippen molar-refractivity contribution >= 4 is 34.6 Å². The molecule has 1 fully saturated rings. The molecule has 4 rings (SSSR count). The van der Waals surface area contributed by atoms with E-state index in [1.54, 1.807) is 0 Å². The zero-order chi connectivity index (χ0) is 21.3. The van der Waals surface area contributed by atoms with Gasteiger partial charge in [0.25, 0.3) is 0 Å². The first kappa shape index (κ1) is 20.1. The number of nitrogens with one attached hydrogen (secondary N) is 2. The number of anilines is 2. The molecule has 0 bridgehead atoms. The molecule has 30 heavy (non-hydrogen) atoms. The Morgan fingerprint density at radius 3 is 2.53 bits per heavy atom. The lowest BCUT2D eigenvalue weighted by atomic mass is 10.0. The second-order valence-corrected chi connectivity index (χ2v) is 8.05. The van der Waals surface area contributed by atoms with E-state index in [1.807, 2.05) is 48.7 Å². The van der Waals surface area contributed by atoms with Gasteiger partial charge >= 0.3 is 0 Å². The Labute approximate surface area is 181 Å². The molecule has 1 aliphatic rings. The first-order valence-electron chi connectivity index (χ1n) is 10.0. The molecule has 3 aromatic rings. The highest BCUT2D eigenvalue weighted by Gasteiger charge is 2.42. The van der Waals surface area contributed by atoms with Gasteiger partial charge in [-0.2, -0.15) is 0 Å². The van der Waals surface area contributed by atoms with Crippen LogP contribution < -0.4 is 15.5 Å². The van der Waals surface area contributed by atoms with E-state index in [0.29, 0.717) is 11.2 Å². The highest BCUT2D eigenvalue weighted by Crippen LogP contribution is 2.42. The largest absolute Gasteiger partial charge is 0.351 e. The summed E-state index contributed by atoms with van der Waals surface area (Å²) in [5.41, 5.74) is 3.83. The molecule has 3 heterocycles. The molecule has 2 N–H and O–H groups in total. The predicted octanol–water partition coefficient (Wildman–Crippen LogP) is 4.60. The first-order valence-corrected chi connectivity index (χ1v) is 10.4. The van der Waals surface area contributed by atoms with Crippen LogP contribution in [0.1, 0.15) is 50.3 Å². The number of rotatable bonds is 5. The number of nitrogens with zero attached hydrogens (tertiary/aromatic N) is 3. The molecule has 7 heteroatoms. The smallest absolute Gasteiger partial charge is 0.221 e.